The van der Waals surface area contributed by atoms with Gasteiger partial charge in [-0.1, -0.05) is 0 Å². The van der Waals surface area contributed by atoms with Crippen LogP contribution >= 0.6 is 11.3 Å². The monoisotopic (exact) mass is 316 g/mol. The summed E-state index contributed by atoms with van der Waals surface area (Å²) in [6, 6.07) is 5.81. The Morgan fingerprint density at radius 3 is 2.86 bits per heavy atom. The predicted molar refractivity (Wildman–Crippen MR) is 88.0 cm³/mol. The molecule has 2 aromatic rings. The van der Waals surface area contributed by atoms with Crippen molar-refractivity contribution in [2.24, 2.45) is 5.92 Å². The lowest BCUT2D eigenvalue weighted by Crippen LogP contribution is -2.31. The van der Waals surface area contributed by atoms with Crippen LogP contribution in [0.1, 0.15) is 29.4 Å². The molecular formula is C17H20N2O2S. The number of thiophene rings is 1. The van der Waals surface area contributed by atoms with Crippen LogP contribution in [-0.2, 0) is 0 Å². The van der Waals surface area contributed by atoms with Crippen molar-refractivity contribution >= 4 is 17.2 Å². The summed E-state index contributed by atoms with van der Waals surface area (Å²) in [5.41, 5.74) is 3.40. The summed E-state index contributed by atoms with van der Waals surface area (Å²) in [7, 11) is 0. The summed E-state index contributed by atoms with van der Waals surface area (Å²) in [4.78, 5) is 19.0. The Hall–Kier alpha value is -1.72. The van der Waals surface area contributed by atoms with Crippen molar-refractivity contribution in [2.75, 3.05) is 13.1 Å². The van der Waals surface area contributed by atoms with Gasteiger partial charge in [-0.25, -0.2) is 0 Å². The number of amides is 1. The van der Waals surface area contributed by atoms with Crippen LogP contribution in [0.3, 0.4) is 0 Å². The first-order chi connectivity index (χ1) is 10.6. The van der Waals surface area contributed by atoms with E-state index in [-0.39, 0.29) is 17.9 Å². The molecule has 3 heterocycles. The molecule has 0 saturated carbocycles. The molecule has 0 bridgehead atoms. The molecule has 1 amide bonds. The fourth-order valence-electron chi connectivity index (χ4n) is 2.89. The third-order valence-corrected chi connectivity index (χ3v) is 5.01. The highest BCUT2D eigenvalue weighted by molar-refractivity contribution is 7.08. The zero-order chi connectivity index (χ0) is 15.7. The topological polar surface area (TPSA) is 53.4 Å². The van der Waals surface area contributed by atoms with E-state index in [2.05, 4.69) is 10.4 Å². The van der Waals surface area contributed by atoms with E-state index >= 15 is 0 Å². The van der Waals surface area contributed by atoms with Gasteiger partial charge in [0.2, 0.25) is 0 Å². The second-order valence-electron chi connectivity index (χ2n) is 5.88. The number of aryl methyl sites for hydroxylation is 1. The Bertz CT molecular complexity index is 667. The number of aromatic nitrogens is 1. The van der Waals surface area contributed by atoms with Crippen molar-refractivity contribution in [3.63, 3.8) is 0 Å². The molecule has 2 aromatic heterocycles. The molecule has 2 unspecified atom stereocenters. The minimum Gasteiger partial charge on any atom is -0.393 e. The van der Waals surface area contributed by atoms with E-state index in [1.807, 2.05) is 35.4 Å². The molecule has 5 heteroatoms. The fourth-order valence-corrected chi connectivity index (χ4v) is 3.54. The van der Waals surface area contributed by atoms with Gasteiger partial charge in [0.1, 0.15) is 0 Å². The Kier molecular flexibility index (Phi) is 4.27. The van der Waals surface area contributed by atoms with Crippen molar-refractivity contribution in [1.29, 1.82) is 0 Å². The summed E-state index contributed by atoms with van der Waals surface area (Å²) in [6.45, 7) is 5.01. The predicted octanol–water partition coefficient (Wildman–Crippen LogP) is 2.96. The van der Waals surface area contributed by atoms with Crippen LogP contribution in [0.4, 0.5) is 0 Å². The van der Waals surface area contributed by atoms with Crippen LogP contribution in [-0.4, -0.2) is 40.1 Å². The molecule has 0 aliphatic carbocycles. The SMILES string of the molecule is Cc1nc(-c2ccsc2)ccc1C(=O)N1CCC(C(C)O)C1. The molecule has 2 atom stereocenters. The van der Waals surface area contributed by atoms with Crippen LogP contribution in [0.5, 0.6) is 0 Å². The Balaban J connectivity index is 1.79. The molecular weight excluding hydrogens is 296 g/mol. The van der Waals surface area contributed by atoms with E-state index in [1.165, 1.54) is 0 Å². The number of carbonyl (C=O) groups is 1. The normalized spacial score (nSPS) is 19.4. The lowest BCUT2D eigenvalue weighted by molar-refractivity contribution is 0.0761. The molecule has 1 aliphatic rings. The summed E-state index contributed by atoms with van der Waals surface area (Å²) in [5.74, 6) is 0.201. The molecule has 0 radical (unpaired) electrons. The van der Waals surface area contributed by atoms with Crippen LogP contribution in [0.15, 0.2) is 29.0 Å². The number of hydrogen-bond donors (Lipinski definition) is 1. The average Bonchev–Trinajstić information content (AvgIpc) is 3.18. The third kappa shape index (κ3) is 2.91. The smallest absolute Gasteiger partial charge is 0.255 e. The molecule has 22 heavy (non-hydrogen) atoms. The van der Waals surface area contributed by atoms with Crippen LogP contribution in [0.25, 0.3) is 11.3 Å². The Labute approximate surface area is 134 Å². The van der Waals surface area contributed by atoms with Crippen molar-refractivity contribution < 1.29 is 9.90 Å². The molecule has 3 rings (SSSR count). The number of pyridine rings is 1. The first-order valence-corrected chi connectivity index (χ1v) is 8.48. The molecule has 1 N–H and O–H groups in total. The van der Waals surface area contributed by atoms with Gasteiger partial charge < -0.3 is 10.0 Å². The second-order valence-corrected chi connectivity index (χ2v) is 6.66. The van der Waals surface area contributed by atoms with E-state index in [4.69, 9.17) is 0 Å². The maximum atomic E-state index is 12.6. The van der Waals surface area contributed by atoms with Crippen molar-refractivity contribution in [3.8, 4) is 11.3 Å². The third-order valence-electron chi connectivity index (χ3n) is 4.33. The zero-order valence-electron chi connectivity index (χ0n) is 12.8. The van der Waals surface area contributed by atoms with Gasteiger partial charge in [-0.05, 0) is 43.8 Å². The number of likely N-dealkylation sites (tertiary alicyclic amines) is 1. The molecule has 116 valence electrons. The number of carbonyl (C=O) groups excluding carboxylic acids is 1. The number of aliphatic hydroxyl groups is 1. The maximum Gasteiger partial charge on any atom is 0.255 e. The summed E-state index contributed by atoms with van der Waals surface area (Å²) in [5, 5.41) is 13.7. The first kappa shape index (κ1) is 15.2. The number of hydrogen-bond acceptors (Lipinski definition) is 4. The highest BCUT2D eigenvalue weighted by Gasteiger charge is 2.30. The van der Waals surface area contributed by atoms with Gasteiger partial charge in [0.15, 0.2) is 0 Å². The first-order valence-electron chi connectivity index (χ1n) is 7.54. The summed E-state index contributed by atoms with van der Waals surface area (Å²) < 4.78 is 0. The maximum absolute atomic E-state index is 12.6. The fraction of sp³-hybridized carbons (Fsp3) is 0.412. The summed E-state index contributed by atoms with van der Waals surface area (Å²) >= 11 is 1.64. The Morgan fingerprint density at radius 2 is 2.27 bits per heavy atom. The number of rotatable bonds is 3. The number of aliphatic hydroxyl groups excluding tert-OH is 1. The van der Waals surface area contributed by atoms with Crippen LogP contribution in [0.2, 0.25) is 0 Å². The summed E-state index contributed by atoms with van der Waals surface area (Å²) in [6.07, 6.45) is 0.501. The lowest BCUT2D eigenvalue weighted by atomic mass is 10.0. The van der Waals surface area contributed by atoms with Crippen LogP contribution < -0.4 is 0 Å². The van der Waals surface area contributed by atoms with Gasteiger partial charge in [0.05, 0.1) is 23.1 Å². The van der Waals surface area contributed by atoms with E-state index in [9.17, 15) is 9.90 Å². The highest BCUT2D eigenvalue weighted by Crippen LogP contribution is 2.25. The molecule has 1 fully saturated rings. The van der Waals surface area contributed by atoms with Crippen molar-refractivity contribution in [1.82, 2.24) is 9.88 Å². The van der Waals surface area contributed by atoms with Gasteiger partial charge >= 0.3 is 0 Å². The van der Waals surface area contributed by atoms with E-state index in [0.29, 0.717) is 18.7 Å². The molecule has 1 saturated heterocycles. The van der Waals surface area contributed by atoms with Gasteiger partial charge in [-0.3, -0.25) is 9.78 Å². The van der Waals surface area contributed by atoms with Gasteiger partial charge in [0, 0.05) is 30.0 Å². The lowest BCUT2D eigenvalue weighted by Gasteiger charge is -2.18. The van der Waals surface area contributed by atoms with Gasteiger partial charge in [-0.2, -0.15) is 11.3 Å². The number of nitrogens with zero attached hydrogens (tertiary/aromatic N) is 2. The minimum absolute atomic E-state index is 0.0185. The highest BCUT2D eigenvalue weighted by atomic mass is 32.1. The van der Waals surface area contributed by atoms with Gasteiger partial charge in [-0.15, -0.1) is 0 Å². The minimum atomic E-state index is -0.363. The Morgan fingerprint density at radius 1 is 1.45 bits per heavy atom. The molecule has 0 aromatic carbocycles. The van der Waals surface area contributed by atoms with Crippen molar-refractivity contribution in [2.45, 2.75) is 26.4 Å². The quantitative estimate of drug-likeness (QED) is 0.947. The zero-order valence-corrected chi connectivity index (χ0v) is 13.6. The average molecular weight is 316 g/mol. The largest absolute Gasteiger partial charge is 0.393 e. The van der Waals surface area contributed by atoms with E-state index in [1.54, 1.807) is 18.3 Å². The van der Waals surface area contributed by atoms with Gasteiger partial charge in [0.25, 0.3) is 5.91 Å². The van der Waals surface area contributed by atoms with E-state index in [0.717, 1.165) is 23.4 Å². The standard InChI is InChI=1S/C17H20N2O2S/c1-11-15(3-4-16(18-11)14-6-8-22-10-14)17(21)19-7-5-13(9-19)12(2)20/h3-4,6,8,10,12-13,20H,5,7,9H2,1-2H3. The van der Waals surface area contributed by atoms with Crippen molar-refractivity contribution in [3.05, 3.63) is 40.2 Å². The molecule has 1 aliphatic heterocycles. The van der Waals surface area contributed by atoms with E-state index < -0.39 is 0 Å². The molecule has 4 nitrogen and oxygen atoms in total. The molecule has 0 spiro atoms. The van der Waals surface area contributed by atoms with Crippen LogP contribution in [0, 0.1) is 12.8 Å². The second kappa shape index (κ2) is 6.18.